The van der Waals surface area contributed by atoms with Crippen LogP contribution in [0.3, 0.4) is 0 Å². The maximum Gasteiger partial charge on any atom is 0.573 e. The molecule has 6 nitrogen and oxygen atoms in total. The first-order valence-corrected chi connectivity index (χ1v) is 11.4. The fourth-order valence-corrected chi connectivity index (χ4v) is 3.48. The lowest BCUT2D eigenvalue weighted by Gasteiger charge is -2.22. The van der Waals surface area contributed by atoms with Crippen molar-refractivity contribution in [3.8, 4) is 16.9 Å². The maximum absolute atomic E-state index is 12.8. The Labute approximate surface area is 207 Å². The third kappa shape index (κ3) is 7.49. The van der Waals surface area contributed by atoms with Crippen molar-refractivity contribution in [2.24, 2.45) is 0 Å². The quantitative estimate of drug-likeness (QED) is 0.216. The Balaban J connectivity index is 1.78. The number of esters is 1. The number of unbranched alkanes of at least 4 members (excludes halogenated alkanes) is 1. The maximum atomic E-state index is 12.8. The van der Waals surface area contributed by atoms with Gasteiger partial charge in [-0.05, 0) is 59.5 Å². The smallest absolute Gasteiger partial charge is 0.462 e. The number of alkyl halides is 3. The summed E-state index contributed by atoms with van der Waals surface area (Å²) in [5.74, 6) is -2.12. The molecule has 0 aromatic heterocycles. The van der Waals surface area contributed by atoms with Crippen LogP contribution in [0.2, 0.25) is 0 Å². The van der Waals surface area contributed by atoms with Crippen LogP contribution < -0.4 is 15.0 Å². The molecule has 0 spiro atoms. The molecule has 0 unspecified atom stereocenters. The molecule has 3 rings (SSSR count). The van der Waals surface area contributed by atoms with Gasteiger partial charge >= 0.3 is 18.2 Å². The van der Waals surface area contributed by atoms with Crippen LogP contribution >= 0.6 is 0 Å². The molecular formula is C27H27F3N2O4. The second kappa shape index (κ2) is 12.1. The first-order chi connectivity index (χ1) is 17.2. The second-order valence-electron chi connectivity index (χ2n) is 7.98. The van der Waals surface area contributed by atoms with Gasteiger partial charge in [0.15, 0.2) is 0 Å². The molecule has 3 aromatic rings. The highest BCUT2D eigenvalue weighted by Crippen LogP contribution is 2.28. The summed E-state index contributed by atoms with van der Waals surface area (Å²) in [5.41, 5.74) is 3.63. The van der Waals surface area contributed by atoms with E-state index >= 15 is 0 Å². The van der Waals surface area contributed by atoms with E-state index in [1.807, 2.05) is 24.3 Å². The summed E-state index contributed by atoms with van der Waals surface area (Å²) < 4.78 is 45.7. The molecule has 0 heterocycles. The second-order valence-corrected chi connectivity index (χ2v) is 7.98. The minimum Gasteiger partial charge on any atom is -0.462 e. The Kier molecular flexibility index (Phi) is 8.94. The predicted molar refractivity (Wildman–Crippen MR) is 132 cm³/mol. The summed E-state index contributed by atoms with van der Waals surface area (Å²) in [6.07, 6.45) is -2.61. The highest BCUT2D eigenvalue weighted by Gasteiger charge is 2.31. The standard InChI is InChI=1S/C27H27F3N2O4/c1-3-4-17-31-22-11-5-19(6-12-22)18-32(25(33)26(34)35-2)23-13-7-20(8-14-23)21-9-15-24(16-10-21)36-27(28,29)30/h5-16,31H,3-4,17-18H2,1-2H3. The minimum atomic E-state index is -4.76. The van der Waals surface area contributed by atoms with E-state index in [0.717, 1.165) is 37.7 Å². The van der Waals surface area contributed by atoms with E-state index in [1.54, 1.807) is 24.3 Å². The van der Waals surface area contributed by atoms with Crippen molar-refractivity contribution in [2.75, 3.05) is 23.9 Å². The number of ether oxygens (including phenoxy) is 2. The van der Waals surface area contributed by atoms with Crippen LogP contribution in [0.25, 0.3) is 11.1 Å². The van der Waals surface area contributed by atoms with Gasteiger partial charge in [-0.1, -0.05) is 49.7 Å². The molecule has 9 heteroatoms. The van der Waals surface area contributed by atoms with Crippen LogP contribution in [0.1, 0.15) is 25.3 Å². The summed E-state index contributed by atoms with van der Waals surface area (Å²) in [5, 5.41) is 3.33. The van der Waals surface area contributed by atoms with Crippen molar-refractivity contribution in [3.05, 3.63) is 78.4 Å². The summed E-state index contributed by atoms with van der Waals surface area (Å²) >= 11 is 0. The van der Waals surface area contributed by atoms with Crippen LogP contribution in [0, 0.1) is 0 Å². The fourth-order valence-electron chi connectivity index (χ4n) is 3.48. The molecule has 3 aromatic carbocycles. The molecule has 0 fully saturated rings. The lowest BCUT2D eigenvalue weighted by Crippen LogP contribution is -2.36. The van der Waals surface area contributed by atoms with Gasteiger partial charge in [-0.2, -0.15) is 0 Å². The number of benzene rings is 3. The Morgan fingerprint density at radius 3 is 2.00 bits per heavy atom. The molecule has 0 aliphatic rings. The number of anilines is 2. The lowest BCUT2D eigenvalue weighted by atomic mass is 10.0. The fraction of sp³-hybridized carbons (Fsp3) is 0.259. The third-order valence-corrected chi connectivity index (χ3v) is 5.36. The van der Waals surface area contributed by atoms with Crippen molar-refractivity contribution < 1.29 is 32.2 Å². The van der Waals surface area contributed by atoms with Crippen LogP contribution in [-0.2, 0) is 20.9 Å². The van der Waals surface area contributed by atoms with Crippen molar-refractivity contribution in [1.82, 2.24) is 0 Å². The average Bonchev–Trinajstić information content (AvgIpc) is 2.87. The van der Waals surface area contributed by atoms with E-state index < -0.39 is 18.2 Å². The number of methoxy groups -OCH3 is 1. The van der Waals surface area contributed by atoms with Gasteiger partial charge in [0.25, 0.3) is 0 Å². The zero-order valence-electron chi connectivity index (χ0n) is 20.0. The zero-order chi connectivity index (χ0) is 26.1. The number of nitrogens with zero attached hydrogens (tertiary/aromatic N) is 1. The van der Waals surface area contributed by atoms with Crippen LogP contribution in [0.5, 0.6) is 5.75 Å². The first kappa shape index (κ1) is 26.6. The van der Waals surface area contributed by atoms with Crippen molar-refractivity contribution >= 4 is 23.3 Å². The molecule has 1 amide bonds. The Morgan fingerprint density at radius 1 is 0.889 bits per heavy atom. The SMILES string of the molecule is CCCCNc1ccc(CN(C(=O)C(=O)OC)c2ccc(-c3ccc(OC(F)(F)F)cc3)cc2)cc1. The number of amides is 1. The Morgan fingerprint density at radius 2 is 1.47 bits per heavy atom. The highest BCUT2D eigenvalue weighted by atomic mass is 19.4. The molecule has 0 saturated heterocycles. The molecule has 36 heavy (non-hydrogen) atoms. The summed E-state index contributed by atoms with van der Waals surface area (Å²) in [4.78, 5) is 26.1. The minimum absolute atomic E-state index is 0.145. The van der Waals surface area contributed by atoms with Crippen LogP contribution in [0.4, 0.5) is 24.5 Å². The number of hydrogen-bond acceptors (Lipinski definition) is 5. The predicted octanol–water partition coefficient (Wildman–Crippen LogP) is 6.17. The molecular weight excluding hydrogens is 473 g/mol. The van der Waals surface area contributed by atoms with Gasteiger partial charge in [0.05, 0.1) is 13.7 Å². The number of halogens is 3. The van der Waals surface area contributed by atoms with Gasteiger partial charge < -0.3 is 14.8 Å². The number of rotatable bonds is 9. The van der Waals surface area contributed by atoms with Gasteiger partial charge in [0.1, 0.15) is 5.75 Å². The van der Waals surface area contributed by atoms with Crippen molar-refractivity contribution in [3.63, 3.8) is 0 Å². The van der Waals surface area contributed by atoms with Gasteiger partial charge in [-0.15, -0.1) is 13.2 Å². The number of hydrogen-bond donors (Lipinski definition) is 1. The molecule has 0 bridgehead atoms. The van der Waals surface area contributed by atoms with E-state index in [9.17, 15) is 22.8 Å². The van der Waals surface area contributed by atoms with E-state index in [4.69, 9.17) is 0 Å². The Bertz CT molecular complexity index is 1150. The largest absolute Gasteiger partial charge is 0.573 e. The Hall–Kier alpha value is -4.01. The molecule has 0 saturated carbocycles. The molecule has 1 N–H and O–H groups in total. The van der Waals surface area contributed by atoms with Gasteiger partial charge in [-0.3, -0.25) is 9.69 Å². The first-order valence-electron chi connectivity index (χ1n) is 11.4. The number of carbonyl (C=O) groups excluding carboxylic acids is 2. The third-order valence-electron chi connectivity index (χ3n) is 5.36. The normalized spacial score (nSPS) is 11.0. The molecule has 190 valence electrons. The number of nitrogens with one attached hydrogen (secondary N) is 1. The van der Waals surface area contributed by atoms with E-state index in [0.29, 0.717) is 16.8 Å². The molecule has 0 aliphatic carbocycles. The highest BCUT2D eigenvalue weighted by molar-refractivity contribution is 6.38. The van der Waals surface area contributed by atoms with Gasteiger partial charge in [-0.25, -0.2) is 4.79 Å². The summed E-state index contributed by atoms with van der Waals surface area (Å²) in [6, 6.07) is 19.8. The van der Waals surface area contributed by atoms with Gasteiger partial charge in [0, 0.05) is 17.9 Å². The van der Waals surface area contributed by atoms with E-state index in [-0.39, 0.29) is 12.3 Å². The summed E-state index contributed by atoms with van der Waals surface area (Å²) in [6.45, 7) is 3.13. The van der Waals surface area contributed by atoms with E-state index in [1.165, 1.54) is 29.2 Å². The summed E-state index contributed by atoms with van der Waals surface area (Å²) in [7, 11) is 1.14. The van der Waals surface area contributed by atoms with Crippen LogP contribution in [-0.4, -0.2) is 31.9 Å². The van der Waals surface area contributed by atoms with Gasteiger partial charge in [0.2, 0.25) is 0 Å². The molecule has 0 atom stereocenters. The molecule has 0 radical (unpaired) electrons. The monoisotopic (exact) mass is 500 g/mol. The van der Waals surface area contributed by atoms with Crippen molar-refractivity contribution in [2.45, 2.75) is 32.7 Å². The molecule has 0 aliphatic heterocycles. The van der Waals surface area contributed by atoms with Crippen molar-refractivity contribution in [1.29, 1.82) is 0 Å². The van der Waals surface area contributed by atoms with Crippen LogP contribution in [0.15, 0.2) is 72.8 Å². The number of carbonyl (C=O) groups is 2. The average molecular weight is 501 g/mol. The van der Waals surface area contributed by atoms with E-state index in [2.05, 4.69) is 21.7 Å². The zero-order valence-corrected chi connectivity index (χ0v) is 20.0. The lowest BCUT2D eigenvalue weighted by molar-refractivity contribution is -0.274. The topological polar surface area (TPSA) is 67.9 Å².